The van der Waals surface area contributed by atoms with Gasteiger partial charge in [0.25, 0.3) is 5.91 Å². The Morgan fingerprint density at radius 2 is 2.17 bits per heavy atom. The highest BCUT2D eigenvalue weighted by molar-refractivity contribution is 5.93. The molecule has 2 N–H and O–H groups in total. The zero-order chi connectivity index (χ0) is 12.5. The van der Waals surface area contributed by atoms with Crippen molar-refractivity contribution in [2.45, 2.75) is 50.2 Å². The number of H-pyrrole nitrogens is 1. The second-order valence-corrected chi connectivity index (χ2v) is 5.53. The summed E-state index contributed by atoms with van der Waals surface area (Å²) in [7, 11) is 2.22. The Morgan fingerprint density at radius 1 is 1.44 bits per heavy atom. The van der Waals surface area contributed by atoms with Gasteiger partial charge in [0.15, 0.2) is 0 Å². The normalized spacial score (nSPS) is 32.2. The van der Waals surface area contributed by atoms with Gasteiger partial charge in [-0.1, -0.05) is 6.42 Å². The maximum Gasteiger partial charge on any atom is 0.254 e. The van der Waals surface area contributed by atoms with Gasteiger partial charge in [-0.15, -0.1) is 0 Å². The molecular formula is C13H20N4O. The van der Waals surface area contributed by atoms with Crippen LogP contribution in [-0.2, 0) is 0 Å². The predicted octanol–water partition coefficient (Wildman–Crippen LogP) is 1.15. The number of piperidine rings is 2. The quantitative estimate of drug-likeness (QED) is 0.825. The molecule has 2 unspecified atom stereocenters. The molecule has 0 aromatic carbocycles. The monoisotopic (exact) mass is 248 g/mol. The van der Waals surface area contributed by atoms with Crippen LogP contribution in [0, 0.1) is 0 Å². The second-order valence-electron chi connectivity index (χ2n) is 5.53. The Morgan fingerprint density at radius 3 is 2.78 bits per heavy atom. The van der Waals surface area contributed by atoms with Crippen LogP contribution in [0.3, 0.4) is 0 Å². The molecule has 5 nitrogen and oxygen atoms in total. The number of hydrogen-bond acceptors (Lipinski definition) is 3. The molecule has 2 atom stereocenters. The molecule has 3 heterocycles. The molecule has 0 saturated carbocycles. The maximum atomic E-state index is 12.0. The molecule has 2 aliphatic heterocycles. The molecule has 1 amide bonds. The van der Waals surface area contributed by atoms with E-state index in [4.69, 9.17) is 0 Å². The van der Waals surface area contributed by atoms with E-state index in [0.717, 1.165) is 12.8 Å². The lowest BCUT2D eigenvalue weighted by atomic mass is 9.82. The number of rotatable bonds is 2. The summed E-state index contributed by atoms with van der Waals surface area (Å²) >= 11 is 0. The van der Waals surface area contributed by atoms with Crippen molar-refractivity contribution >= 4 is 5.91 Å². The Bertz CT molecular complexity index is 403. The number of nitrogens with one attached hydrogen (secondary N) is 2. The summed E-state index contributed by atoms with van der Waals surface area (Å²) < 4.78 is 0. The van der Waals surface area contributed by atoms with Gasteiger partial charge in [-0.3, -0.25) is 9.89 Å². The van der Waals surface area contributed by atoms with Gasteiger partial charge < -0.3 is 10.2 Å². The second kappa shape index (κ2) is 4.72. The molecule has 2 aliphatic rings. The fourth-order valence-corrected chi connectivity index (χ4v) is 3.38. The Labute approximate surface area is 107 Å². The minimum absolute atomic E-state index is 0.00336. The van der Waals surface area contributed by atoms with Gasteiger partial charge in [-0.05, 0) is 32.7 Å². The van der Waals surface area contributed by atoms with E-state index in [1.165, 1.54) is 19.3 Å². The first kappa shape index (κ1) is 11.7. The summed E-state index contributed by atoms with van der Waals surface area (Å²) in [6.45, 7) is 0. The number of carbonyl (C=O) groups is 1. The van der Waals surface area contributed by atoms with Crippen LogP contribution in [0.5, 0.6) is 0 Å². The van der Waals surface area contributed by atoms with E-state index in [1.54, 1.807) is 12.4 Å². The third-order valence-corrected chi connectivity index (χ3v) is 4.44. The van der Waals surface area contributed by atoms with Crippen molar-refractivity contribution in [3.8, 4) is 0 Å². The molecule has 0 aliphatic carbocycles. The molecule has 2 bridgehead atoms. The molecule has 1 aromatic rings. The summed E-state index contributed by atoms with van der Waals surface area (Å²) in [6, 6.07) is 1.61. The molecule has 98 valence electrons. The molecular weight excluding hydrogens is 228 g/mol. The lowest BCUT2D eigenvalue weighted by Crippen LogP contribution is -2.55. The smallest absolute Gasteiger partial charge is 0.254 e. The molecule has 18 heavy (non-hydrogen) atoms. The van der Waals surface area contributed by atoms with Gasteiger partial charge in [0, 0.05) is 24.3 Å². The van der Waals surface area contributed by atoms with Crippen molar-refractivity contribution in [2.75, 3.05) is 7.05 Å². The van der Waals surface area contributed by atoms with Gasteiger partial charge in [0.2, 0.25) is 0 Å². The molecule has 3 rings (SSSR count). The van der Waals surface area contributed by atoms with E-state index in [2.05, 4.69) is 27.5 Å². The van der Waals surface area contributed by atoms with Crippen LogP contribution in [-0.4, -0.2) is 46.2 Å². The lowest BCUT2D eigenvalue weighted by Gasteiger charge is -2.47. The van der Waals surface area contributed by atoms with Crippen molar-refractivity contribution in [3.63, 3.8) is 0 Å². The van der Waals surface area contributed by atoms with E-state index < -0.39 is 0 Å². The number of nitrogens with zero attached hydrogens (tertiary/aromatic N) is 2. The zero-order valence-electron chi connectivity index (χ0n) is 10.7. The number of aromatic amines is 1. The first-order chi connectivity index (χ1) is 8.74. The van der Waals surface area contributed by atoms with Crippen LogP contribution in [0.1, 0.15) is 42.5 Å². The average Bonchev–Trinajstić information content (AvgIpc) is 2.84. The fraction of sp³-hybridized carbons (Fsp3) is 0.692. The Kier molecular flexibility index (Phi) is 3.07. The van der Waals surface area contributed by atoms with Gasteiger partial charge in [-0.2, -0.15) is 5.10 Å². The largest absolute Gasteiger partial charge is 0.349 e. The molecule has 2 fully saturated rings. The third kappa shape index (κ3) is 2.14. The first-order valence-corrected chi connectivity index (χ1v) is 6.75. The van der Waals surface area contributed by atoms with Crippen molar-refractivity contribution in [3.05, 3.63) is 18.0 Å². The summed E-state index contributed by atoms with van der Waals surface area (Å²) in [5.41, 5.74) is 0.624. The van der Waals surface area contributed by atoms with E-state index in [9.17, 15) is 4.79 Å². The van der Waals surface area contributed by atoms with E-state index in [-0.39, 0.29) is 5.91 Å². The maximum absolute atomic E-state index is 12.0. The Balaban J connectivity index is 1.63. The van der Waals surface area contributed by atoms with E-state index in [1.807, 2.05) is 0 Å². The van der Waals surface area contributed by atoms with Gasteiger partial charge in [-0.25, -0.2) is 0 Å². The highest BCUT2D eigenvalue weighted by atomic mass is 16.1. The fourth-order valence-electron chi connectivity index (χ4n) is 3.38. The van der Waals surface area contributed by atoms with Crippen LogP contribution in [0.25, 0.3) is 0 Å². The van der Waals surface area contributed by atoms with Gasteiger partial charge >= 0.3 is 0 Å². The number of amides is 1. The third-order valence-electron chi connectivity index (χ3n) is 4.44. The zero-order valence-corrected chi connectivity index (χ0v) is 10.7. The van der Waals surface area contributed by atoms with Crippen molar-refractivity contribution in [2.24, 2.45) is 0 Å². The van der Waals surface area contributed by atoms with E-state index >= 15 is 0 Å². The molecule has 0 radical (unpaired) electrons. The van der Waals surface area contributed by atoms with Crippen LogP contribution in [0.15, 0.2) is 12.4 Å². The summed E-state index contributed by atoms with van der Waals surface area (Å²) in [5, 5.41) is 9.63. The summed E-state index contributed by atoms with van der Waals surface area (Å²) in [6.07, 6.45) is 9.25. The minimum atomic E-state index is -0.00336. The van der Waals surface area contributed by atoms with Gasteiger partial charge in [0.05, 0.1) is 11.8 Å². The van der Waals surface area contributed by atoms with Crippen molar-refractivity contribution in [1.82, 2.24) is 20.4 Å². The van der Waals surface area contributed by atoms with Crippen LogP contribution >= 0.6 is 0 Å². The minimum Gasteiger partial charge on any atom is -0.349 e. The van der Waals surface area contributed by atoms with Gasteiger partial charge in [0.1, 0.15) is 0 Å². The molecule has 2 saturated heterocycles. The topological polar surface area (TPSA) is 61.0 Å². The first-order valence-electron chi connectivity index (χ1n) is 6.75. The number of carbonyl (C=O) groups excluding carboxylic acids is 1. The molecule has 5 heteroatoms. The van der Waals surface area contributed by atoms with E-state index in [0.29, 0.717) is 23.7 Å². The summed E-state index contributed by atoms with van der Waals surface area (Å²) in [5.74, 6) is -0.00336. The standard InChI is InChI=1S/C13H20N4O/c1-17-11-3-2-4-12(17)6-10(5-11)16-13(18)9-7-14-15-8-9/h7-8,10-12H,2-6H2,1H3,(H,14,15)(H,16,18). The van der Waals surface area contributed by atoms with Crippen LogP contribution in [0.4, 0.5) is 0 Å². The van der Waals surface area contributed by atoms with Crippen LogP contribution < -0.4 is 5.32 Å². The van der Waals surface area contributed by atoms with Crippen LogP contribution in [0.2, 0.25) is 0 Å². The van der Waals surface area contributed by atoms with Crippen molar-refractivity contribution < 1.29 is 4.79 Å². The summed E-state index contributed by atoms with van der Waals surface area (Å²) in [4.78, 5) is 14.5. The number of hydrogen-bond donors (Lipinski definition) is 2. The SMILES string of the molecule is CN1C2CCCC1CC(NC(=O)c1cn[nH]c1)C2. The average molecular weight is 248 g/mol. The molecule has 1 aromatic heterocycles. The highest BCUT2D eigenvalue weighted by Crippen LogP contribution is 2.32. The predicted molar refractivity (Wildman–Crippen MR) is 68.3 cm³/mol. The number of aromatic nitrogens is 2. The Hall–Kier alpha value is -1.36. The van der Waals surface area contributed by atoms with Crippen molar-refractivity contribution in [1.29, 1.82) is 0 Å². The number of fused-ring (bicyclic) bond motifs is 2. The highest BCUT2D eigenvalue weighted by Gasteiger charge is 2.36. The molecule has 0 spiro atoms. The lowest BCUT2D eigenvalue weighted by molar-refractivity contribution is 0.0463.